The van der Waals surface area contributed by atoms with Crippen molar-refractivity contribution in [3.05, 3.63) is 18.2 Å². The van der Waals surface area contributed by atoms with Gasteiger partial charge in [-0.3, -0.25) is 0 Å². The number of rotatable bonds is 3. The summed E-state index contributed by atoms with van der Waals surface area (Å²) in [5, 5.41) is 3.96. The van der Waals surface area contributed by atoms with Gasteiger partial charge in [0.1, 0.15) is 5.60 Å². The monoisotopic (exact) mass is 247 g/mol. The van der Waals surface area contributed by atoms with Gasteiger partial charge in [-0.15, -0.1) is 0 Å². The Labute approximate surface area is 103 Å². The zero-order valence-corrected chi connectivity index (χ0v) is 9.96. The number of nitrogens with two attached hydrogens (primary N) is 1. The highest BCUT2D eigenvalue weighted by atomic mass is 16.5. The summed E-state index contributed by atoms with van der Waals surface area (Å²) in [6, 6.07) is 0. The highest BCUT2D eigenvalue weighted by Gasteiger charge is 2.43. The maximum Gasteiger partial charge on any atom is 0.280 e. The molecule has 1 aliphatic rings. The summed E-state index contributed by atoms with van der Waals surface area (Å²) in [5.41, 5.74) is 5.72. The molecule has 18 heavy (non-hydrogen) atoms. The minimum atomic E-state index is -0.404. The first-order valence-corrected chi connectivity index (χ1v) is 5.71. The third-order valence-corrected chi connectivity index (χ3v) is 3.31. The van der Waals surface area contributed by atoms with Crippen LogP contribution in [-0.2, 0) is 10.3 Å². The molecule has 2 aromatic rings. The lowest BCUT2D eigenvalue weighted by atomic mass is 9.79. The van der Waals surface area contributed by atoms with Crippen LogP contribution >= 0.6 is 0 Å². The fraction of sp³-hybridized carbons (Fsp3) is 0.455. The molecule has 7 nitrogen and oxygen atoms in total. The Kier molecular flexibility index (Phi) is 2.48. The zero-order valence-electron chi connectivity index (χ0n) is 9.96. The van der Waals surface area contributed by atoms with Gasteiger partial charge in [0.15, 0.2) is 11.5 Å². The van der Waals surface area contributed by atoms with Gasteiger partial charge >= 0.3 is 0 Å². The molecule has 94 valence electrons. The van der Waals surface area contributed by atoms with Gasteiger partial charge in [0, 0.05) is 19.5 Å². The van der Waals surface area contributed by atoms with Crippen molar-refractivity contribution in [1.82, 2.24) is 20.1 Å². The third kappa shape index (κ3) is 1.55. The summed E-state index contributed by atoms with van der Waals surface area (Å²) < 4.78 is 10.7. The number of hydrogen-bond donors (Lipinski definition) is 1. The van der Waals surface area contributed by atoms with E-state index in [0.29, 0.717) is 11.5 Å². The highest BCUT2D eigenvalue weighted by Crippen LogP contribution is 2.43. The van der Waals surface area contributed by atoms with Crippen LogP contribution in [0.3, 0.4) is 0 Å². The first kappa shape index (κ1) is 11.1. The molecule has 1 aliphatic carbocycles. The Bertz CT molecular complexity index is 559. The van der Waals surface area contributed by atoms with Crippen LogP contribution in [0.1, 0.15) is 25.1 Å². The fourth-order valence-electron chi connectivity index (χ4n) is 2.04. The van der Waals surface area contributed by atoms with Crippen molar-refractivity contribution in [3.63, 3.8) is 0 Å². The molecule has 0 unspecified atom stereocenters. The lowest BCUT2D eigenvalue weighted by Gasteiger charge is -2.37. The molecule has 0 atom stereocenters. The van der Waals surface area contributed by atoms with E-state index < -0.39 is 5.60 Å². The molecule has 3 rings (SSSR count). The number of hydrogen-bond acceptors (Lipinski definition) is 7. The number of anilines is 1. The van der Waals surface area contributed by atoms with Crippen LogP contribution in [0.5, 0.6) is 0 Å². The van der Waals surface area contributed by atoms with Crippen LogP contribution in [0.25, 0.3) is 11.6 Å². The minimum absolute atomic E-state index is 0.271. The van der Waals surface area contributed by atoms with Gasteiger partial charge in [0.05, 0.1) is 0 Å². The van der Waals surface area contributed by atoms with Crippen molar-refractivity contribution in [1.29, 1.82) is 0 Å². The summed E-state index contributed by atoms with van der Waals surface area (Å²) >= 11 is 0. The van der Waals surface area contributed by atoms with Gasteiger partial charge in [0.2, 0.25) is 5.82 Å². The van der Waals surface area contributed by atoms with Crippen molar-refractivity contribution in [3.8, 4) is 11.6 Å². The lowest BCUT2D eigenvalue weighted by molar-refractivity contribution is -0.0858. The van der Waals surface area contributed by atoms with Gasteiger partial charge in [-0.2, -0.15) is 4.98 Å². The molecule has 0 saturated heterocycles. The molecule has 2 N–H and O–H groups in total. The van der Waals surface area contributed by atoms with E-state index in [1.54, 1.807) is 7.11 Å². The topological polar surface area (TPSA) is 100.0 Å². The summed E-state index contributed by atoms with van der Waals surface area (Å²) in [6.07, 6.45) is 5.95. The van der Waals surface area contributed by atoms with Gasteiger partial charge in [-0.1, -0.05) is 5.16 Å². The van der Waals surface area contributed by atoms with Crippen LogP contribution in [0.2, 0.25) is 0 Å². The average Bonchev–Trinajstić information content (AvgIpc) is 2.79. The van der Waals surface area contributed by atoms with E-state index in [4.69, 9.17) is 15.0 Å². The molecule has 0 aliphatic heterocycles. The summed E-state index contributed by atoms with van der Waals surface area (Å²) in [6.45, 7) is 0. The van der Waals surface area contributed by atoms with Crippen LogP contribution in [-0.4, -0.2) is 27.2 Å². The van der Waals surface area contributed by atoms with Crippen LogP contribution < -0.4 is 5.73 Å². The van der Waals surface area contributed by atoms with Crippen molar-refractivity contribution in [2.45, 2.75) is 24.9 Å². The number of ether oxygens (including phenoxy) is 1. The van der Waals surface area contributed by atoms with E-state index in [-0.39, 0.29) is 11.7 Å². The fourth-order valence-corrected chi connectivity index (χ4v) is 2.04. The first-order valence-electron chi connectivity index (χ1n) is 5.71. The molecular formula is C11H13N5O2. The molecule has 0 spiro atoms. The highest BCUT2D eigenvalue weighted by molar-refractivity contribution is 5.61. The van der Waals surface area contributed by atoms with Crippen molar-refractivity contribution in [2.75, 3.05) is 12.8 Å². The molecule has 0 bridgehead atoms. The van der Waals surface area contributed by atoms with Crippen molar-refractivity contribution in [2.24, 2.45) is 0 Å². The smallest absolute Gasteiger partial charge is 0.280 e. The minimum Gasteiger partial charge on any atom is -0.382 e. The lowest BCUT2D eigenvalue weighted by Crippen LogP contribution is -2.37. The predicted molar refractivity (Wildman–Crippen MR) is 62.3 cm³/mol. The Morgan fingerprint density at radius 2 is 2.11 bits per heavy atom. The van der Waals surface area contributed by atoms with Gasteiger partial charge < -0.3 is 15.0 Å². The van der Waals surface area contributed by atoms with Crippen molar-refractivity contribution < 1.29 is 9.26 Å². The second-order valence-electron chi connectivity index (χ2n) is 4.27. The molecule has 2 heterocycles. The second-order valence-corrected chi connectivity index (χ2v) is 4.27. The maximum absolute atomic E-state index is 5.72. The number of nitrogens with zero attached hydrogens (tertiary/aromatic N) is 4. The van der Waals surface area contributed by atoms with Crippen LogP contribution in [0.4, 0.5) is 5.82 Å². The zero-order chi connectivity index (χ0) is 12.6. The van der Waals surface area contributed by atoms with Gasteiger partial charge in [-0.25, -0.2) is 9.97 Å². The quantitative estimate of drug-likeness (QED) is 0.867. The molecule has 2 aromatic heterocycles. The van der Waals surface area contributed by atoms with E-state index in [2.05, 4.69) is 20.1 Å². The SMILES string of the molecule is COC1(c2noc(-c3nccnc3N)n2)CCC1. The Hall–Kier alpha value is -2.02. The van der Waals surface area contributed by atoms with Gasteiger partial charge in [-0.05, 0) is 19.3 Å². The van der Waals surface area contributed by atoms with E-state index in [0.717, 1.165) is 19.3 Å². The van der Waals surface area contributed by atoms with E-state index >= 15 is 0 Å². The molecule has 0 amide bonds. The molecule has 0 aromatic carbocycles. The van der Waals surface area contributed by atoms with Gasteiger partial charge in [0.25, 0.3) is 5.89 Å². The van der Waals surface area contributed by atoms with E-state index in [1.807, 2.05) is 0 Å². The molecule has 0 radical (unpaired) electrons. The second kappa shape index (κ2) is 4.02. The normalized spacial score (nSPS) is 17.4. The number of aromatic nitrogens is 4. The number of methoxy groups -OCH3 is 1. The predicted octanol–water partition coefficient (Wildman–Crippen LogP) is 1.13. The maximum atomic E-state index is 5.72. The number of nitrogen functional groups attached to an aromatic ring is 1. The van der Waals surface area contributed by atoms with Crippen LogP contribution in [0.15, 0.2) is 16.9 Å². The van der Waals surface area contributed by atoms with E-state index in [1.165, 1.54) is 12.4 Å². The Balaban J connectivity index is 1.97. The first-order chi connectivity index (χ1) is 8.75. The third-order valence-electron chi connectivity index (χ3n) is 3.31. The van der Waals surface area contributed by atoms with Crippen LogP contribution in [0, 0.1) is 0 Å². The van der Waals surface area contributed by atoms with E-state index in [9.17, 15) is 0 Å². The Morgan fingerprint density at radius 1 is 1.33 bits per heavy atom. The molecule has 1 saturated carbocycles. The Morgan fingerprint density at radius 3 is 2.72 bits per heavy atom. The standard InChI is InChI=1S/C11H13N5O2/c1-17-11(3-2-4-11)10-15-9(18-16-10)7-8(12)14-6-5-13-7/h5-6H,2-4H2,1H3,(H2,12,14). The largest absolute Gasteiger partial charge is 0.382 e. The summed E-state index contributed by atoms with van der Waals surface area (Å²) in [5.74, 6) is 1.10. The molecular weight excluding hydrogens is 234 g/mol. The summed E-state index contributed by atoms with van der Waals surface area (Å²) in [7, 11) is 1.66. The van der Waals surface area contributed by atoms with Crippen molar-refractivity contribution >= 4 is 5.82 Å². The molecule has 1 fully saturated rings. The summed E-state index contributed by atoms with van der Waals surface area (Å²) in [4.78, 5) is 12.3. The average molecular weight is 247 g/mol. The molecule has 7 heteroatoms.